The highest BCUT2D eigenvalue weighted by atomic mass is 32.1. The molecule has 4 rings (SSSR count). The molecule has 1 fully saturated rings. The summed E-state index contributed by atoms with van der Waals surface area (Å²) in [6, 6.07) is 6.21. The van der Waals surface area contributed by atoms with Crippen LogP contribution in [0.3, 0.4) is 0 Å². The van der Waals surface area contributed by atoms with E-state index < -0.39 is 0 Å². The highest BCUT2D eigenvalue weighted by Gasteiger charge is 2.26. The Morgan fingerprint density at radius 3 is 2.95 bits per heavy atom. The van der Waals surface area contributed by atoms with Gasteiger partial charge in [0.1, 0.15) is 5.82 Å². The predicted octanol–water partition coefficient (Wildman–Crippen LogP) is 3.67. The van der Waals surface area contributed by atoms with Crippen molar-refractivity contribution in [3.05, 3.63) is 35.5 Å². The maximum atomic E-state index is 4.72. The summed E-state index contributed by atoms with van der Waals surface area (Å²) in [5.41, 5.74) is 3.16. The summed E-state index contributed by atoms with van der Waals surface area (Å²) >= 11 is 1.70. The van der Waals surface area contributed by atoms with E-state index in [1.165, 1.54) is 17.5 Å². The van der Waals surface area contributed by atoms with E-state index in [-0.39, 0.29) is 0 Å². The van der Waals surface area contributed by atoms with Crippen molar-refractivity contribution >= 4 is 27.4 Å². The summed E-state index contributed by atoms with van der Waals surface area (Å²) in [6.45, 7) is 0. The second kappa shape index (κ2) is 4.52. The van der Waals surface area contributed by atoms with Gasteiger partial charge in [-0.1, -0.05) is 0 Å². The molecule has 0 spiro atoms. The minimum absolute atomic E-state index is 0.613. The third-order valence-corrected chi connectivity index (χ3v) is 4.41. The quantitative estimate of drug-likeness (QED) is 0.796. The van der Waals surface area contributed by atoms with Crippen LogP contribution in [-0.2, 0) is 0 Å². The number of hydrogen-bond acceptors (Lipinski definition) is 5. The van der Waals surface area contributed by atoms with Gasteiger partial charge in [0.25, 0.3) is 0 Å². The van der Waals surface area contributed by atoms with E-state index in [1.807, 2.05) is 19.3 Å². The molecule has 1 saturated carbocycles. The van der Waals surface area contributed by atoms with Crippen molar-refractivity contribution in [2.24, 2.45) is 0 Å². The van der Waals surface area contributed by atoms with Gasteiger partial charge in [-0.15, -0.1) is 11.3 Å². The molecule has 0 saturated heterocycles. The summed E-state index contributed by atoms with van der Waals surface area (Å²) in [4.78, 5) is 13.8. The zero-order chi connectivity index (χ0) is 13.5. The van der Waals surface area contributed by atoms with E-state index in [4.69, 9.17) is 4.98 Å². The zero-order valence-corrected chi connectivity index (χ0v) is 11.9. The van der Waals surface area contributed by atoms with Crippen LogP contribution < -0.4 is 5.32 Å². The Labute approximate surface area is 120 Å². The fourth-order valence-electron chi connectivity index (χ4n) is 2.28. The fourth-order valence-corrected chi connectivity index (χ4v) is 3.06. The van der Waals surface area contributed by atoms with E-state index >= 15 is 0 Å². The molecule has 5 heteroatoms. The molecular weight excluding hydrogens is 268 g/mol. The first-order valence-corrected chi connectivity index (χ1v) is 7.62. The molecule has 1 aliphatic carbocycles. The first-order valence-electron chi connectivity index (χ1n) is 6.74. The number of pyridine rings is 1. The van der Waals surface area contributed by atoms with E-state index in [9.17, 15) is 0 Å². The normalized spacial score (nSPS) is 14.7. The van der Waals surface area contributed by atoms with Gasteiger partial charge in [0, 0.05) is 36.5 Å². The molecule has 100 valence electrons. The number of thiophene rings is 1. The van der Waals surface area contributed by atoms with Crippen LogP contribution in [0.4, 0.5) is 5.82 Å². The Kier molecular flexibility index (Phi) is 2.67. The van der Waals surface area contributed by atoms with Gasteiger partial charge in [0.15, 0.2) is 5.82 Å². The van der Waals surface area contributed by atoms with Gasteiger partial charge in [-0.25, -0.2) is 9.97 Å². The predicted molar refractivity (Wildman–Crippen MR) is 82.2 cm³/mol. The Bertz CT molecular complexity index is 776. The SMILES string of the molecule is CNc1cc(C2CC2)nc(-c2cnc3ccsc3c2)n1. The number of nitrogens with one attached hydrogen (secondary N) is 1. The van der Waals surface area contributed by atoms with Crippen LogP contribution in [0.1, 0.15) is 24.5 Å². The number of anilines is 1. The molecule has 0 bridgehead atoms. The van der Waals surface area contributed by atoms with Crippen LogP contribution in [0.25, 0.3) is 21.6 Å². The molecule has 1 N–H and O–H groups in total. The lowest BCUT2D eigenvalue weighted by Gasteiger charge is -2.07. The summed E-state index contributed by atoms with van der Waals surface area (Å²) in [7, 11) is 1.89. The van der Waals surface area contributed by atoms with Crippen molar-refractivity contribution in [2.75, 3.05) is 12.4 Å². The molecule has 0 unspecified atom stereocenters. The van der Waals surface area contributed by atoms with Crippen LogP contribution in [-0.4, -0.2) is 22.0 Å². The molecule has 3 aromatic heterocycles. The minimum atomic E-state index is 0.613. The van der Waals surface area contributed by atoms with Crippen molar-refractivity contribution in [3.8, 4) is 11.4 Å². The third-order valence-electron chi connectivity index (χ3n) is 3.56. The van der Waals surface area contributed by atoms with E-state index in [2.05, 4.69) is 32.8 Å². The summed E-state index contributed by atoms with van der Waals surface area (Å²) in [6.07, 6.45) is 4.34. The largest absolute Gasteiger partial charge is 0.373 e. The van der Waals surface area contributed by atoms with Gasteiger partial charge < -0.3 is 5.32 Å². The van der Waals surface area contributed by atoms with Crippen LogP contribution >= 0.6 is 11.3 Å². The van der Waals surface area contributed by atoms with E-state index in [1.54, 1.807) is 11.3 Å². The van der Waals surface area contributed by atoms with Crippen molar-refractivity contribution < 1.29 is 0 Å². The van der Waals surface area contributed by atoms with Gasteiger partial charge in [0.05, 0.1) is 10.2 Å². The number of nitrogens with zero attached hydrogens (tertiary/aromatic N) is 3. The molecule has 0 radical (unpaired) electrons. The highest BCUT2D eigenvalue weighted by Crippen LogP contribution is 2.40. The van der Waals surface area contributed by atoms with Gasteiger partial charge in [-0.3, -0.25) is 4.98 Å². The third kappa shape index (κ3) is 2.04. The molecule has 0 aromatic carbocycles. The van der Waals surface area contributed by atoms with Crippen LogP contribution in [0.5, 0.6) is 0 Å². The van der Waals surface area contributed by atoms with Crippen molar-refractivity contribution in [3.63, 3.8) is 0 Å². The second-order valence-electron chi connectivity index (χ2n) is 5.05. The summed E-state index contributed by atoms with van der Waals surface area (Å²) in [5, 5.41) is 5.18. The lowest BCUT2D eigenvalue weighted by Crippen LogP contribution is -2.00. The molecule has 1 aliphatic rings. The number of hydrogen-bond donors (Lipinski definition) is 1. The summed E-state index contributed by atoms with van der Waals surface area (Å²) in [5.74, 6) is 2.26. The average molecular weight is 282 g/mol. The van der Waals surface area contributed by atoms with Crippen LogP contribution in [0.2, 0.25) is 0 Å². The Hall–Kier alpha value is -2.01. The van der Waals surface area contributed by atoms with Crippen molar-refractivity contribution in [1.29, 1.82) is 0 Å². The van der Waals surface area contributed by atoms with Crippen molar-refractivity contribution in [1.82, 2.24) is 15.0 Å². The fraction of sp³-hybridized carbons (Fsp3) is 0.267. The molecule has 20 heavy (non-hydrogen) atoms. The molecule has 0 amide bonds. The average Bonchev–Trinajstić information content (AvgIpc) is 3.24. The Morgan fingerprint density at radius 1 is 1.25 bits per heavy atom. The van der Waals surface area contributed by atoms with E-state index in [0.29, 0.717) is 5.92 Å². The number of aromatic nitrogens is 3. The molecular formula is C15H14N4S. The van der Waals surface area contributed by atoms with E-state index in [0.717, 1.165) is 28.4 Å². The molecule has 0 atom stereocenters. The first-order chi connectivity index (χ1) is 9.83. The van der Waals surface area contributed by atoms with Crippen molar-refractivity contribution in [2.45, 2.75) is 18.8 Å². The lowest BCUT2D eigenvalue weighted by molar-refractivity contribution is 0.994. The maximum absolute atomic E-state index is 4.72. The minimum Gasteiger partial charge on any atom is -0.373 e. The van der Waals surface area contributed by atoms with Gasteiger partial charge in [0.2, 0.25) is 0 Å². The first kappa shape index (κ1) is 11.8. The smallest absolute Gasteiger partial charge is 0.163 e. The van der Waals surface area contributed by atoms with Crippen LogP contribution in [0.15, 0.2) is 29.8 Å². The van der Waals surface area contributed by atoms with Gasteiger partial charge >= 0.3 is 0 Å². The topological polar surface area (TPSA) is 50.7 Å². The number of rotatable bonds is 3. The second-order valence-corrected chi connectivity index (χ2v) is 6.00. The Balaban J connectivity index is 1.84. The molecule has 0 aliphatic heterocycles. The van der Waals surface area contributed by atoms with Gasteiger partial charge in [-0.05, 0) is 30.4 Å². The maximum Gasteiger partial charge on any atom is 0.163 e. The van der Waals surface area contributed by atoms with Crippen LogP contribution in [0, 0.1) is 0 Å². The zero-order valence-electron chi connectivity index (χ0n) is 11.1. The van der Waals surface area contributed by atoms with Gasteiger partial charge in [-0.2, -0.15) is 0 Å². The Morgan fingerprint density at radius 2 is 2.15 bits per heavy atom. The monoisotopic (exact) mass is 282 g/mol. The highest BCUT2D eigenvalue weighted by molar-refractivity contribution is 7.17. The lowest BCUT2D eigenvalue weighted by atomic mass is 10.2. The molecule has 3 heterocycles. The molecule has 4 nitrogen and oxygen atoms in total. The summed E-state index contributed by atoms with van der Waals surface area (Å²) < 4.78 is 1.17. The standard InChI is InChI=1S/C15H14N4S/c1-16-14-7-12(9-2-3-9)18-15(19-14)10-6-13-11(17-8-10)4-5-20-13/h4-9H,2-3H2,1H3,(H,16,18,19). The molecule has 3 aromatic rings. The number of fused-ring (bicyclic) bond motifs is 1.